The highest BCUT2D eigenvalue weighted by Gasteiger charge is 2.20. The number of benzene rings is 2. The van der Waals surface area contributed by atoms with Crippen LogP contribution in [0.1, 0.15) is 12.5 Å². The second-order valence-electron chi connectivity index (χ2n) is 7.16. The van der Waals surface area contributed by atoms with E-state index in [2.05, 4.69) is 44.2 Å². The van der Waals surface area contributed by atoms with Gasteiger partial charge in [0.2, 0.25) is 0 Å². The number of nitrogens with zero attached hydrogens (tertiary/aromatic N) is 3. The van der Waals surface area contributed by atoms with Crippen LogP contribution in [0.5, 0.6) is 5.75 Å². The van der Waals surface area contributed by atoms with Crippen LogP contribution < -0.4 is 20.3 Å². The molecule has 0 saturated carbocycles. The third-order valence-corrected chi connectivity index (χ3v) is 5.13. The lowest BCUT2D eigenvalue weighted by Crippen LogP contribution is -2.52. The van der Waals surface area contributed by atoms with Crippen LogP contribution in [0.4, 0.5) is 16.2 Å². The van der Waals surface area contributed by atoms with Crippen molar-refractivity contribution in [3.05, 3.63) is 54.1 Å². The minimum Gasteiger partial charge on any atom is -0.497 e. The molecule has 1 amide bonds. The summed E-state index contributed by atoms with van der Waals surface area (Å²) in [6, 6.07) is 15.8. The standard InChI is InChI=1S/C23H31N5O3/c1-4-24-22(25-17-18-8-10-19(11-9-18)26-23(29)31-3)28-14-12-27(13-15-28)20-6-5-7-21(16-20)30-2/h5-11,16H,4,12-15,17H2,1-3H3,(H,24,25)(H,26,29). The summed E-state index contributed by atoms with van der Waals surface area (Å²) in [7, 11) is 3.04. The minimum absolute atomic E-state index is 0.478. The predicted octanol–water partition coefficient (Wildman–Crippen LogP) is 3.16. The number of aliphatic imine (C=N–C) groups is 1. The van der Waals surface area contributed by atoms with E-state index in [9.17, 15) is 4.79 Å². The molecule has 2 aromatic carbocycles. The van der Waals surface area contributed by atoms with Gasteiger partial charge in [0.05, 0.1) is 20.8 Å². The highest BCUT2D eigenvalue weighted by molar-refractivity contribution is 5.84. The quantitative estimate of drug-likeness (QED) is 0.547. The van der Waals surface area contributed by atoms with Crippen molar-refractivity contribution in [1.29, 1.82) is 0 Å². The van der Waals surface area contributed by atoms with Gasteiger partial charge in [-0.25, -0.2) is 9.79 Å². The van der Waals surface area contributed by atoms with E-state index in [1.807, 2.05) is 36.4 Å². The van der Waals surface area contributed by atoms with Gasteiger partial charge >= 0.3 is 6.09 Å². The number of carbonyl (C=O) groups excluding carboxylic acids is 1. The summed E-state index contributed by atoms with van der Waals surface area (Å²) < 4.78 is 9.96. The van der Waals surface area contributed by atoms with Gasteiger partial charge in [-0.2, -0.15) is 0 Å². The van der Waals surface area contributed by atoms with E-state index in [4.69, 9.17) is 9.73 Å². The largest absolute Gasteiger partial charge is 0.497 e. The lowest BCUT2D eigenvalue weighted by Gasteiger charge is -2.37. The van der Waals surface area contributed by atoms with Gasteiger partial charge in [0.15, 0.2) is 5.96 Å². The number of ether oxygens (including phenoxy) is 2. The van der Waals surface area contributed by atoms with E-state index < -0.39 is 6.09 Å². The van der Waals surface area contributed by atoms with Crippen molar-refractivity contribution >= 4 is 23.4 Å². The summed E-state index contributed by atoms with van der Waals surface area (Å²) in [6.45, 7) is 7.09. The Morgan fingerprint density at radius 1 is 1.06 bits per heavy atom. The van der Waals surface area contributed by atoms with Crippen molar-refractivity contribution in [3.8, 4) is 5.75 Å². The first kappa shape index (κ1) is 22.3. The van der Waals surface area contributed by atoms with Crippen LogP contribution in [-0.4, -0.2) is 63.9 Å². The molecule has 1 saturated heterocycles. The molecule has 8 nitrogen and oxygen atoms in total. The number of anilines is 2. The number of rotatable bonds is 6. The highest BCUT2D eigenvalue weighted by atomic mass is 16.5. The maximum Gasteiger partial charge on any atom is 0.411 e. The van der Waals surface area contributed by atoms with Crippen molar-refractivity contribution in [2.75, 3.05) is 57.2 Å². The van der Waals surface area contributed by atoms with Crippen molar-refractivity contribution in [2.24, 2.45) is 4.99 Å². The molecule has 1 aliphatic rings. The number of piperazine rings is 1. The number of carbonyl (C=O) groups is 1. The first-order valence-corrected chi connectivity index (χ1v) is 10.5. The average Bonchev–Trinajstić information content (AvgIpc) is 2.82. The Labute approximate surface area is 183 Å². The number of hydrogen-bond donors (Lipinski definition) is 2. The molecule has 1 aliphatic heterocycles. The Morgan fingerprint density at radius 3 is 2.45 bits per heavy atom. The molecule has 0 atom stereocenters. The van der Waals surface area contributed by atoms with E-state index in [1.165, 1.54) is 12.8 Å². The molecule has 166 valence electrons. The first-order valence-electron chi connectivity index (χ1n) is 10.5. The van der Waals surface area contributed by atoms with E-state index >= 15 is 0 Å². The van der Waals surface area contributed by atoms with Crippen molar-refractivity contribution in [2.45, 2.75) is 13.5 Å². The minimum atomic E-state index is -0.478. The molecule has 0 spiro atoms. The molecule has 0 aromatic heterocycles. The van der Waals surface area contributed by atoms with Gasteiger partial charge in [-0.3, -0.25) is 5.32 Å². The third kappa shape index (κ3) is 6.28. The first-order chi connectivity index (χ1) is 15.1. The Hall–Kier alpha value is -3.42. The number of hydrogen-bond acceptors (Lipinski definition) is 5. The van der Waals surface area contributed by atoms with E-state index in [1.54, 1.807) is 7.11 Å². The predicted molar refractivity (Wildman–Crippen MR) is 124 cm³/mol. The van der Waals surface area contributed by atoms with Gasteiger partial charge in [-0.05, 0) is 36.8 Å². The number of methoxy groups -OCH3 is 2. The SMILES string of the molecule is CCNC(=NCc1ccc(NC(=O)OC)cc1)N1CCN(c2cccc(OC)c2)CC1. The second-order valence-corrected chi connectivity index (χ2v) is 7.16. The summed E-state index contributed by atoms with van der Waals surface area (Å²) in [6.07, 6.45) is -0.478. The summed E-state index contributed by atoms with van der Waals surface area (Å²) >= 11 is 0. The number of amides is 1. The molecule has 0 unspecified atom stereocenters. The molecular formula is C23H31N5O3. The maximum absolute atomic E-state index is 11.3. The second kappa shape index (κ2) is 11.1. The Bertz CT molecular complexity index is 877. The van der Waals surface area contributed by atoms with Gasteiger partial charge in [0, 0.05) is 50.2 Å². The number of nitrogens with one attached hydrogen (secondary N) is 2. The van der Waals surface area contributed by atoms with Crippen molar-refractivity contribution in [1.82, 2.24) is 10.2 Å². The molecule has 3 rings (SSSR count). The smallest absolute Gasteiger partial charge is 0.411 e. The fraction of sp³-hybridized carbons (Fsp3) is 0.391. The van der Waals surface area contributed by atoms with Gasteiger partial charge in [0.25, 0.3) is 0 Å². The Morgan fingerprint density at radius 2 is 1.81 bits per heavy atom. The zero-order valence-corrected chi connectivity index (χ0v) is 18.4. The van der Waals surface area contributed by atoms with Gasteiger partial charge in [-0.1, -0.05) is 18.2 Å². The molecule has 0 bridgehead atoms. The zero-order chi connectivity index (χ0) is 22.1. The topological polar surface area (TPSA) is 78.4 Å². The molecule has 1 fully saturated rings. The lowest BCUT2D eigenvalue weighted by molar-refractivity contribution is 0.187. The van der Waals surface area contributed by atoms with Crippen LogP contribution >= 0.6 is 0 Å². The highest BCUT2D eigenvalue weighted by Crippen LogP contribution is 2.22. The summed E-state index contributed by atoms with van der Waals surface area (Å²) in [5.74, 6) is 1.80. The van der Waals surface area contributed by atoms with Gasteiger partial charge in [-0.15, -0.1) is 0 Å². The summed E-state index contributed by atoms with van der Waals surface area (Å²) in [5.41, 5.74) is 2.95. The van der Waals surface area contributed by atoms with Crippen LogP contribution in [-0.2, 0) is 11.3 Å². The summed E-state index contributed by atoms with van der Waals surface area (Å²) in [4.78, 5) is 20.8. The molecule has 1 heterocycles. The normalized spacial score (nSPS) is 14.2. The maximum atomic E-state index is 11.3. The molecule has 8 heteroatoms. The molecule has 31 heavy (non-hydrogen) atoms. The fourth-order valence-electron chi connectivity index (χ4n) is 3.44. The van der Waals surface area contributed by atoms with E-state index in [0.29, 0.717) is 12.2 Å². The number of guanidine groups is 1. The lowest BCUT2D eigenvalue weighted by atomic mass is 10.2. The molecule has 0 radical (unpaired) electrons. The van der Waals surface area contributed by atoms with Crippen LogP contribution in [0.3, 0.4) is 0 Å². The average molecular weight is 426 g/mol. The molecular weight excluding hydrogens is 394 g/mol. The van der Waals surface area contributed by atoms with Crippen LogP contribution in [0.2, 0.25) is 0 Å². The Balaban J connectivity index is 1.59. The van der Waals surface area contributed by atoms with Gasteiger partial charge < -0.3 is 24.6 Å². The van der Waals surface area contributed by atoms with Crippen molar-refractivity contribution < 1.29 is 14.3 Å². The molecule has 0 aliphatic carbocycles. The molecule has 2 aromatic rings. The monoisotopic (exact) mass is 425 g/mol. The van der Waals surface area contributed by atoms with Crippen LogP contribution in [0.25, 0.3) is 0 Å². The van der Waals surface area contributed by atoms with Crippen LogP contribution in [0.15, 0.2) is 53.5 Å². The van der Waals surface area contributed by atoms with E-state index in [0.717, 1.165) is 50.0 Å². The van der Waals surface area contributed by atoms with Crippen molar-refractivity contribution in [3.63, 3.8) is 0 Å². The molecule has 2 N–H and O–H groups in total. The zero-order valence-electron chi connectivity index (χ0n) is 18.4. The Kier molecular flexibility index (Phi) is 7.98. The third-order valence-electron chi connectivity index (χ3n) is 5.13. The van der Waals surface area contributed by atoms with E-state index in [-0.39, 0.29) is 0 Å². The fourth-order valence-corrected chi connectivity index (χ4v) is 3.44. The van der Waals surface area contributed by atoms with Crippen LogP contribution in [0, 0.1) is 0 Å². The van der Waals surface area contributed by atoms with Gasteiger partial charge in [0.1, 0.15) is 5.75 Å². The summed E-state index contributed by atoms with van der Waals surface area (Å²) in [5, 5.41) is 6.05.